The van der Waals surface area contributed by atoms with Crippen molar-refractivity contribution in [3.63, 3.8) is 0 Å². The van der Waals surface area contributed by atoms with E-state index in [1.165, 1.54) is 17.3 Å². The van der Waals surface area contributed by atoms with Gasteiger partial charge in [-0.3, -0.25) is 9.69 Å². The molecule has 1 aliphatic rings. The van der Waals surface area contributed by atoms with Gasteiger partial charge in [0.2, 0.25) is 5.91 Å². The summed E-state index contributed by atoms with van der Waals surface area (Å²) in [5.41, 5.74) is 3.20. The molecule has 1 N–H and O–H groups in total. The molecular formula is C25H24N4O2S2. The summed E-state index contributed by atoms with van der Waals surface area (Å²) in [6.45, 7) is 4.42. The molecule has 0 unspecified atom stereocenters. The van der Waals surface area contributed by atoms with E-state index in [1.54, 1.807) is 17.7 Å². The lowest BCUT2D eigenvalue weighted by molar-refractivity contribution is -0.113. The van der Waals surface area contributed by atoms with Crippen molar-refractivity contribution in [2.24, 2.45) is 0 Å². The number of carbonyl (C=O) groups excluding carboxylic acids is 1. The molecule has 6 nitrogen and oxygen atoms in total. The first-order valence-corrected chi connectivity index (χ1v) is 12.7. The Balaban J connectivity index is 1.19. The molecule has 1 fully saturated rings. The summed E-state index contributed by atoms with van der Waals surface area (Å²) < 4.78 is 5.40. The number of ether oxygens (including phenoxy) is 1. The zero-order valence-corrected chi connectivity index (χ0v) is 19.7. The Hall–Kier alpha value is -2.78. The van der Waals surface area contributed by atoms with Crippen LogP contribution in [-0.4, -0.2) is 52.8 Å². The highest BCUT2D eigenvalue weighted by Crippen LogP contribution is 2.36. The Morgan fingerprint density at radius 1 is 1.06 bits per heavy atom. The molecule has 0 spiro atoms. The van der Waals surface area contributed by atoms with Crippen LogP contribution in [0.25, 0.3) is 20.7 Å². The smallest absolute Gasteiger partial charge is 0.234 e. The van der Waals surface area contributed by atoms with Crippen molar-refractivity contribution in [2.75, 3.05) is 37.4 Å². The number of morpholine rings is 1. The third kappa shape index (κ3) is 5.59. The number of hydrogen-bond acceptors (Lipinski definition) is 7. The van der Waals surface area contributed by atoms with Crippen molar-refractivity contribution >= 4 is 44.9 Å². The van der Waals surface area contributed by atoms with Gasteiger partial charge < -0.3 is 10.1 Å². The van der Waals surface area contributed by atoms with Crippen molar-refractivity contribution in [3.8, 4) is 10.4 Å². The van der Waals surface area contributed by atoms with Crippen LogP contribution in [0.3, 0.4) is 0 Å². The quantitative estimate of drug-likeness (QED) is 0.302. The number of aromatic nitrogens is 2. The van der Waals surface area contributed by atoms with Gasteiger partial charge in [-0.2, -0.15) is 0 Å². The Kier molecular flexibility index (Phi) is 6.97. The molecule has 8 heteroatoms. The van der Waals surface area contributed by atoms with Crippen molar-refractivity contribution in [1.29, 1.82) is 0 Å². The van der Waals surface area contributed by atoms with Gasteiger partial charge in [0, 0.05) is 35.6 Å². The molecule has 0 radical (unpaired) electrons. The lowest BCUT2D eigenvalue weighted by Crippen LogP contribution is -2.35. The van der Waals surface area contributed by atoms with Crippen molar-refractivity contribution in [1.82, 2.24) is 14.9 Å². The second-order valence-electron chi connectivity index (χ2n) is 7.80. The van der Waals surface area contributed by atoms with Crippen LogP contribution < -0.4 is 5.32 Å². The number of thiophene rings is 1. The van der Waals surface area contributed by atoms with Gasteiger partial charge in [0.25, 0.3) is 0 Å². The summed E-state index contributed by atoms with van der Waals surface area (Å²) in [6.07, 6.45) is 1.57. The standard InChI is InChI=1S/C25H24N4O2S2/c30-23(28-20-8-6-18(7-9-20)15-29-10-12-31-13-11-29)16-32-24-21-14-22(19-4-2-1-3-5-19)33-25(21)27-17-26-24/h1-9,14,17H,10-13,15-16H2,(H,28,30). The second-order valence-corrected chi connectivity index (χ2v) is 9.79. The van der Waals surface area contributed by atoms with Gasteiger partial charge in [0.05, 0.1) is 19.0 Å². The highest BCUT2D eigenvalue weighted by atomic mass is 32.2. The summed E-state index contributed by atoms with van der Waals surface area (Å²) in [7, 11) is 0. The number of nitrogens with zero attached hydrogens (tertiary/aromatic N) is 3. The highest BCUT2D eigenvalue weighted by molar-refractivity contribution is 8.00. The second kappa shape index (κ2) is 10.4. The summed E-state index contributed by atoms with van der Waals surface area (Å²) >= 11 is 3.08. The SMILES string of the molecule is O=C(CSc1ncnc2sc(-c3ccccc3)cc12)Nc1ccc(CN2CCOCC2)cc1. The van der Waals surface area contributed by atoms with Crippen LogP contribution in [-0.2, 0) is 16.1 Å². The molecule has 2 aromatic heterocycles. The first-order chi connectivity index (χ1) is 16.2. The van der Waals surface area contributed by atoms with Gasteiger partial charge in [-0.25, -0.2) is 9.97 Å². The predicted octanol–water partition coefficient (Wildman–Crippen LogP) is 4.92. The topological polar surface area (TPSA) is 67.4 Å². The van der Waals surface area contributed by atoms with Crippen LogP contribution in [0, 0.1) is 0 Å². The Morgan fingerprint density at radius 2 is 1.85 bits per heavy atom. The van der Waals surface area contributed by atoms with E-state index in [4.69, 9.17) is 4.74 Å². The predicted molar refractivity (Wildman–Crippen MR) is 135 cm³/mol. The first kappa shape index (κ1) is 22.0. The minimum absolute atomic E-state index is 0.0498. The molecule has 2 aromatic carbocycles. The lowest BCUT2D eigenvalue weighted by atomic mass is 10.2. The van der Waals surface area contributed by atoms with Gasteiger partial charge in [-0.1, -0.05) is 54.2 Å². The molecule has 4 aromatic rings. The van der Waals surface area contributed by atoms with E-state index in [9.17, 15) is 4.79 Å². The molecular weight excluding hydrogens is 452 g/mol. The first-order valence-electron chi connectivity index (χ1n) is 10.9. The number of benzene rings is 2. The van der Waals surface area contributed by atoms with Crippen molar-refractivity contribution in [3.05, 3.63) is 72.6 Å². The van der Waals surface area contributed by atoms with Gasteiger partial charge in [0.1, 0.15) is 16.2 Å². The minimum Gasteiger partial charge on any atom is -0.379 e. The Bertz CT molecular complexity index is 1220. The zero-order valence-electron chi connectivity index (χ0n) is 18.1. The minimum atomic E-state index is -0.0498. The average molecular weight is 477 g/mol. The van der Waals surface area contributed by atoms with Crippen molar-refractivity contribution in [2.45, 2.75) is 11.6 Å². The molecule has 1 saturated heterocycles. The van der Waals surface area contributed by atoms with Crippen LogP contribution >= 0.6 is 23.1 Å². The number of amides is 1. The molecule has 1 aliphatic heterocycles. The summed E-state index contributed by atoms with van der Waals surface area (Å²) in [5.74, 6) is 0.240. The van der Waals surface area contributed by atoms with E-state index in [0.717, 1.165) is 64.2 Å². The van der Waals surface area contributed by atoms with Crippen LogP contribution in [0.5, 0.6) is 0 Å². The van der Waals surface area contributed by atoms with Gasteiger partial charge >= 0.3 is 0 Å². The highest BCUT2D eigenvalue weighted by Gasteiger charge is 2.13. The van der Waals surface area contributed by atoms with Gasteiger partial charge in [0.15, 0.2) is 0 Å². The maximum absolute atomic E-state index is 12.6. The fourth-order valence-corrected chi connectivity index (χ4v) is 5.58. The average Bonchev–Trinajstić information content (AvgIpc) is 3.30. The number of nitrogens with one attached hydrogen (secondary N) is 1. The van der Waals surface area contributed by atoms with Crippen molar-refractivity contribution < 1.29 is 9.53 Å². The van der Waals surface area contributed by atoms with Crippen LogP contribution in [0.4, 0.5) is 5.69 Å². The summed E-state index contributed by atoms with van der Waals surface area (Å²) in [5, 5.41) is 4.81. The number of carbonyl (C=O) groups is 1. The van der Waals surface area contributed by atoms with E-state index < -0.39 is 0 Å². The van der Waals surface area contributed by atoms with E-state index in [-0.39, 0.29) is 11.7 Å². The fourth-order valence-electron chi connectivity index (χ4n) is 3.74. The molecule has 1 amide bonds. The number of fused-ring (bicyclic) bond motifs is 1. The van der Waals surface area contributed by atoms with Gasteiger partial charge in [-0.05, 0) is 29.3 Å². The third-order valence-corrected chi connectivity index (χ3v) is 7.54. The van der Waals surface area contributed by atoms with E-state index in [0.29, 0.717) is 0 Å². The number of rotatable bonds is 7. The molecule has 5 rings (SSSR count). The number of anilines is 1. The maximum atomic E-state index is 12.6. The largest absolute Gasteiger partial charge is 0.379 e. The molecule has 168 valence electrons. The molecule has 0 atom stereocenters. The molecule has 0 bridgehead atoms. The lowest BCUT2D eigenvalue weighted by Gasteiger charge is -2.26. The number of thioether (sulfide) groups is 1. The molecule has 3 heterocycles. The van der Waals surface area contributed by atoms with E-state index in [2.05, 4.69) is 50.5 Å². The van der Waals surface area contributed by atoms with Crippen LogP contribution in [0.2, 0.25) is 0 Å². The molecule has 33 heavy (non-hydrogen) atoms. The molecule has 0 saturated carbocycles. The number of hydrogen-bond donors (Lipinski definition) is 1. The monoisotopic (exact) mass is 476 g/mol. The Morgan fingerprint density at radius 3 is 2.64 bits per heavy atom. The maximum Gasteiger partial charge on any atom is 0.234 e. The zero-order chi connectivity index (χ0) is 22.5. The summed E-state index contributed by atoms with van der Waals surface area (Å²) in [6, 6.07) is 20.4. The van der Waals surface area contributed by atoms with E-state index >= 15 is 0 Å². The Labute approximate surface area is 201 Å². The normalized spacial score (nSPS) is 14.4. The van der Waals surface area contributed by atoms with E-state index in [1.807, 2.05) is 30.3 Å². The fraction of sp³-hybridized carbons (Fsp3) is 0.240. The van der Waals surface area contributed by atoms with Gasteiger partial charge in [-0.15, -0.1) is 11.3 Å². The molecule has 0 aliphatic carbocycles. The van der Waals surface area contributed by atoms with Crippen LogP contribution in [0.1, 0.15) is 5.56 Å². The van der Waals surface area contributed by atoms with Crippen LogP contribution in [0.15, 0.2) is 72.0 Å². The summed E-state index contributed by atoms with van der Waals surface area (Å²) in [4.78, 5) is 25.9. The third-order valence-electron chi connectivity index (χ3n) is 5.44.